The minimum Gasteiger partial charge on any atom is -0.392 e. The number of aliphatic hydroxyl groups excluding tert-OH is 1. The van der Waals surface area contributed by atoms with E-state index < -0.39 is 6.10 Å². The Morgan fingerprint density at radius 3 is 3.00 bits per heavy atom. The lowest BCUT2D eigenvalue weighted by molar-refractivity contribution is -0.123. The molecule has 3 N–H and O–H groups in total. The third-order valence-corrected chi connectivity index (χ3v) is 4.05. The van der Waals surface area contributed by atoms with Crippen LogP contribution in [0.3, 0.4) is 0 Å². The molecule has 0 saturated carbocycles. The van der Waals surface area contributed by atoms with Crippen LogP contribution in [0, 0.1) is 0 Å². The number of benzene rings is 1. The van der Waals surface area contributed by atoms with Gasteiger partial charge < -0.3 is 15.7 Å². The van der Waals surface area contributed by atoms with Gasteiger partial charge in [-0.2, -0.15) is 0 Å². The molecule has 1 aliphatic carbocycles. The molecular formula is C15H20N2O2. The summed E-state index contributed by atoms with van der Waals surface area (Å²) in [4.78, 5) is 11.9. The Labute approximate surface area is 113 Å². The van der Waals surface area contributed by atoms with Crippen molar-refractivity contribution in [1.29, 1.82) is 0 Å². The van der Waals surface area contributed by atoms with Gasteiger partial charge in [0.05, 0.1) is 12.1 Å². The molecule has 3 rings (SSSR count). The van der Waals surface area contributed by atoms with E-state index >= 15 is 0 Å². The fourth-order valence-electron chi connectivity index (χ4n) is 2.96. The molecule has 0 unspecified atom stereocenters. The van der Waals surface area contributed by atoms with Gasteiger partial charge in [-0.05, 0) is 42.4 Å². The molecule has 4 heteroatoms. The summed E-state index contributed by atoms with van der Waals surface area (Å²) in [5.41, 5.74) is 4.05. The SMILES string of the molecule is O=C(NCc1ccc2c(c1)CCC2)[C@@H]1C[C@@H](O)CN1. The first-order valence-electron chi connectivity index (χ1n) is 7.02. The van der Waals surface area contributed by atoms with Gasteiger partial charge >= 0.3 is 0 Å². The molecule has 102 valence electrons. The van der Waals surface area contributed by atoms with Gasteiger partial charge in [-0.25, -0.2) is 0 Å². The van der Waals surface area contributed by atoms with Crippen LogP contribution in [0.25, 0.3) is 0 Å². The smallest absolute Gasteiger partial charge is 0.237 e. The Kier molecular flexibility index (Phi) is 3.53. The van der Waals surface area contributed by atoms with E-state index in [1.165, 1.54) is 24.0 Å². The molecule has 2 atom stereocenters. The van der Waals surface area contributed by atoms with E-state index in [1.54, 1.807) is 0 Å². The number of carbonyl (C=O) groups is 1. The van der Waals surface area contributed by atoms with Crippen LogP contribution in [0.1, 0.15) is 29.5 Å². The number of hydrogen-bond acceptors (Lipinski definition) is 3. The maximum Gasteiger partial charge on any atom is 0.237 e. The summed E-state index contributed by atoms with van der Waals surface area (Å²) < 4.78 is 0. The fraction of sp³-hybridized carbons (Fsp3) is 0.533. The number of nitrogens with one attached hydrogen (secondary N) is 2. The van der Waals surface area contributed by atoms with Crippen molar-refractivity contribution in [3.63, 3.8) is 0 Å². The summed E-state index contributed by atoms with van der Waals surface area (Å²) in [7, 11) is 0. The first-order valence-corrected chi connectivity index (χ1v) is 7.02. The Hall–Kier alpha value is -1.39. The van der Waals surface area contributed by atoms with Crippen LogP contribution in [-0.4, -0.2) is 29.7 Å². The second-order valence-corrected chi connectivity index (χ2v) is 5.52. The van der Waals surface area contributed by atoms with E-state index in [0.29, 0.717) is 19.5 Å². The van der Waals surface area contributed by atoms with Crippen LogP contribution >= 0.6 is 0 Å². The predicted molar refractivity (Wildman–Crippen MR) is 72.7 cm³/mol. The molecule has 1 saturated heterocycles. The lowest BCUT2D eigenvalue weighted by Crippen LogP contribution is -2.40. The molecule has 0 radical (unpaired) electrons. The molecule has 0 spiro atoms. The standard InChI is InChI=1S/C15H20N2O2/c18-13-7-14(16-9-13)15(19)17-8-10-4-5-11-2-1-3-12(11)6-10/h4-6,13-14,16,18H,1-3,7-9H2,(H,17,19)/t13-,14+/m1/s1. The van der Waals surface area contributed by atoms with E-state index in [0.717, 1.165) is 12.0 Å². The zero-order valence-corrected chi connectivity index (χ0v) is 11.0. The van der Waals surface area contributed by atoms with Gasteiger partial charge in [-0.3, -0.25) is 4.79 Å². The second-order valence-electron chi connectivity index (χ2n) is 5.52. The summed E-state index contributed by atoms with van der Waals surface area (Å²) in [5.74, 6) is -0.0166. The quantitative estimate of drug-likeness (QED) is 0.742. The summed E-state index contributed by atoms with van der Waals surface area (Å²) in [6.07, 6.45) is 3.71. The third-order valence-electron chi connectivity index (χ3n) is 4.05. The van der Waals surface area contributed by atoms with E-state index in [9.17, 15) is 9.90 Å². The lowest BCUT2D eigenvalue weighted by Gasteiger charge is -2.11. The van der Waals surface area contributed by atoms with Gasteiger partial charge in [-0.1, -0.05) is 18.2 Å². The van der Waals surface area contributed by atoms with Crippen LogP contribution < -0.4 is 10.6 Å². The molecule has 19 heavy (non-hydrogen) atoms. The minimum absolute atomic E-state index is 0.0166. The molecule has 1 heterocycles. The number of hydrogen-bond donors (Lipinski definition) is 3. The highest BCUT2D eigenvalue weighted by molar-refractivity contribution is 5.82. The number of amides is 1. The van der Waals surface area contributed by atoms with Crippen LogP contribution in [0.4, 0.5) is 0 Å². The number of aliphatic hydroxyl groups is 1. The number of rotatable bonds is 3. The van der Waals surface area contributed by atoms with E-state index in [-0.39, 0.29) is 11.9 Å². The molecule has 2 aliphatic rings. The molecule has 0 aromatic heterocycles. The maximum absolute atomic E-state index is 11.9. The van der Waals surface area contributed by atoms with E-state index in [2.05, 4.69) is 28.8 Å². The highest BCUT2D eigenvalue weighted by Crippen LogP contribution is 2.22. The van der Waals surface area contributed by atoms with Crippen molar-refractivity contribution in [3.05, 3.63) is 34.9 Å². The normalized spacial score (nSPS) is 25.3. The Morgan fingerprint density at radius 1 is 1.37 bits per heavy atom. The van der Waals surface area contributed by atoms with Gasteiger partial charge in [0.1, 0.15) is 0 Å². The van der Waals surface area contributed by atoms with Crippen LogP contribution in [-0.2, 0) is 24.2 Å². The largest absolute Gasteiger partial charge is 0.392 e. The molecule has 4 nitrogen and oxygen atoms in total. The molecule has 0 bridgehead atoms. The van der Waals surface area contributed by atoms with Crippen LogP contribution in [0.15, 0.2) is 18.2 Å². The molecular weight excluding hydrogens is 240 g/mol. The maximum atomic E-state index is 11.9. The number of aryl methyl sites for hydroxylation is 2. The number of carbonyl (C=O) groups excluding carboxylic acids is 1. The minimum atomic E-state index is -0.393. The van der Waals surface area contributed by atoms with Crippen molar-refractivity contribution in [2.75, 3.05) is 6.54 Å². The molecule has 1 fully saturated rings. The zero-order valence-electron chi connectivity index (χ0n) is 11.0. The monoisotopic (exact) mass is 260 g/mol. The van der Waals surface area contributed by atoms with Crippen molar-refractivity contribution in [1.82, 2.24) is 10.6 Å². The Bertz CT molecular complexity index is 487. The van der Waals surface area contributed by atoms with Crippen molar-refractivity contribution < 1.29 is 9.90 Å². The first-order chi connectivity index (χ1) is 9.22. The first kappa shape index (κ1) is 12.6. The second kappa shape index (κ2) is 5.31. The zero-order chi connectivity index (χ0) is 13.2. The van der Waals surface area contributed by atoms with E-state index in [1.807, 2.05) is 0 Å². The molecule has 1 amide bonds. The molecule has 1 aliphatic heterocycles. The average Bonchev–Trinajstić information content (AvgIpc) is 3.03. The highest BCUT2D eigenvalue weighted by atomic mass is 16.3. The van der Waals surface area contributed by atoms with Gasteiger partial charge in [0.15, 0.2) is 0 Å². The summed E-state index contributed by atoms with van der Waals surface area (Å²) >= 11 is 0. The van der Waals surface area contributed by atoms with Crippen LogP contribution in [0.2, 0.25) is 0 Å². The number of β-amino-alcohol motifs (C(OH)–C–C–N with tert-alkyl or cyclic N) is 1. The van der Waals surface area contributed by atoms with Crippen molar-refractivity contribution in [2.24, 2.45) is 0 Å². The van der Waals surface area contributed by atoms with Gasteiger partial charge in [-0.15, -0.1) is 0 Å². The third kappa shape index (κ3) is 2.80. The Balaban J connectivity index is 1.56. The summed E-state index contributed by atoms with van der Waals surface area (Å²) in [6, 6.07) is 6.24. The summed E-state index contributed by atoms with van der Waals surface area (Å²) in [5, 5.41) is 15.4. The van der Waals surface area contributed by atoms with Gasteiger partial charge in [0.25, 0.3) is 0 Å². The predicted octanol–water partition coefficient (Wildman–Crippen LogP) is 0.514. The van der Waals surface area contributed by atoms with Crippen molar-refractivity contribution in [3.8, 4) is 0 Å². The lowest BCUT2D eigenvalue weighted by atomic mass is 10.1. The van der Waals surface area contributed by atoms with Gasteiger partial charge in [0, 0.05) is 13.1 Å². The van der Waals surface area contributed by atoms with Crippen molar-refractivity contribution in [2.45, 2.75) is 44.4 Å². The number of fused-ring (bicyclic) bond motifs is 1. The highest BCUT2D eigenvalue weighted by Gasteiger charge is 2.27. The van der Waals surface area contributed by atoms with Gasteiger partial charge in [0.2, 0.25) is 5.91 Å². The van der Waals surface area contributed by atoms with E-state index in [4.69, 9.17) is 0 Å². The summed E-state index contributed by atoms with van der Waals surface area (Å²) in [6.45, 7) is 1.08. The van der Waals surface area contributed by atoms with Crippen LogP contribution in [0.5, 0.6) is 0 Å². The molecule has 1 aromatic rings. The topological polar surface area (TPSA) is 61.4 Å². The van der Waals surface area contributed by atoms with Crippen molar-refractivity contribution >= 4 is 5.91 Å². The average molecular weight is 260 g/mol. The molecule has 1 aromatic carbocycles. The Morgan fingerprint density at radius 2 is 2.21 bits per heavy atom. The fourth-order valence-corrected chi connectivity index (χ4v) is 2.96.